The van der Waals surface area contributed by atoms with Crippen LogP contribution in [-0.2, 0) is 17.8 Å². The Bertz CT molecular complexity index is 769. The van der Waals surface area contributed by atoms with Crippen LogP contribution in [0.3, 0.4) is 0 Å². The number of hydrogen-bond acceptors (Lipinski definition) is 5. The summed E-state index contributed by atoms with van der Waals surface area (Å²) in [5.74, 6) is 2.03. The van der Waals surface area contributed by atoms with E-state index in [9.17, 15) is 4.79 Å². The van der Waals surface area contributed by atoms with Crippen LogP contribution in [0.4, 0.5) is 5.82 Å². The van der Waals surface area contributed by atoms with E-state index in [0.717, 1.165) is 61.0 Å². The molecule has 6 nitrogen and oxygen atoms in total. The third-order valence-corrected chi connectivity index (χ3v) is 4.74. The normalized spacial score (nSPS) is 16.7. The van der Waals surface area contributed by atoms with Gasteiger partial charge < -0.3 is 14.5 Å². The van der Waals surface area contributed by atoms with Gasteiger partial charge in [-0.2, -0.15) is 0 Å². The largest absolute Gasteiger partial charge is 0.487 e. The van der Waals surface area contributed by atoms with E-state index in [1.54, 1.807) is 13.3 Å². The van der Waals surface area contributed by atoms with E-state index in [0.29, 0.717) is 6.61 Å². The molecule has 1 aromatic carbocycles. The molecule has 6 heteroatoms. The zero-order valence-corrected chi connectivity index (χ0v) is 13.7. The van der Waals surface area contributed by atoms with Crippen molar-refractivity contribution in [1.29, 1.82) is 0 Å². The fourth-order valence-electron chi connectivity index (χ4n) is 3.38. The summed E-state index contributed by atoms with van der Waals surface area (Å²) in [5.41, 5.74) is 3.25. The Morgan fingerprint density at radius 3 is 2.71 bits per heavy atom. The minimum absolute atomic E-state index is 0.137. The van der Waals surface area contributed by atoms with Crippen molar-refractivity contribution in [2.45, 2.75) is 20.0 Å². The van der Waals surface area contributed by atoms with Crippen LogP contribution >= 0.6 is 0 Å². The number of ether oxygens (including phenoxy) is 1. The van der Waals surface area contributed by atoms with Crippen molar-refractivity contribution >= 4 is 11.7 Å². The van der Waals surface area contributed by atoms with Crippen LogP contribution in [0.5, 0.6) is 5.75 Å². The van der Waals surface area contributed by atoms with Crippen LogP contribution in [0.2, 0.25) is 0 Å². The minimum Gasteiger partial charge on any atom is -0.487 e. The van der Waals surface area contributed by atoms with E-state index < -0.39 is 0 Å². The second-order valence-electron chi connectivity index (χ2n) is 6.19. The lowest BCUT2D eigenvalue weighted by atomic mass is 10.0. The SMILES string of the molecule is CC(=O)N1CCN(c2ncnc3c2Cc2ccccc2OC3)CC1. The molecule has 2 aliphatic heterocycles. The lowest BCUT2D eigenvalue weighted by Gasteiger charge is -2.35. The van der Waals surface area contributed by atoms with Gasteiger partial charge in [-0.25, -0.2) is 9.97 Å². The summed E-state index contributed by atoms with van der Waals surface area (Å²) in [5, 5.41) is 0. The zero-order chi connectivity index (χ0) is 16.5. The number of carbonyl (C=O) groups excluding carboxylic acids is 1. The number of amides is 1. The Morgan fingerprint density at radius 1 is 1.12 bits per heavy atom. The predicted molar refractivity (Wildman–Crippen MR) is 90.1 cm³/mol. The number of anilines is 1. The topological polar surface area (TPSA) is 58.6 Å². The Balaban J connectivity index is 1.64. The van der Waals surface area contributed by atoms with Crippen LogP contribution < -0.4 is 9.64 Å². The molecule has 0 bridgehead atoms. The highest BCUT2D eigenvalue weighted by Gasteiger charge is 2.25. The van der Waals surface area contributed by atoms with E-state index in [-0.39, 0.29) is 5.91 Å². The minimum atomic E-state index is 0.137. The molecule has 1 amide bonds. The first kappa shape index (κ1) is 14.9. The molecule has 2 aliphatic rings. The molecule has 124 valence electrons. The summed E-state index contributed by atoms with van der Waals surface area (Å²) in [7, 11) is 0. The molecule has 3 heterocycles. The molecule has 4 rings (SSSR count). The van der Waals surface area contributed by atoms with Crippen molar-refractivity contribution in [1.82, 2.24) is 14.9 Å². The molecule has 0 unspecified atom stereocenters. The van der Waals surface area contributed by atoms with Crippen molar-refractivity contribution in [3.05, 3.63) is 47.4 Å². The maximum atomic E-state index is 11.5. The summed E-state index contributed by atoms with van der Waals surface area (Å²) in [6.45, 7) is 5.16. The quantitative estimate of drug-likeness (QED) is 0.798. The van der Waals surface area contributed by atoms with E-state index in [2.05, 4.69) is 20.9 Å². The van der Waals surface area contributed by atoms with Gasteiger partial charge in [-0.1, -0.05) is 18.2 Å². The maximum absolute atomic E-state index is 11.5. The van der Waals surface area contributed by atoms with Gasteiger partial charge in [0.1, 0.15) is 24.5 Å². The molecule has 0 saturated carbocycles. The van der Waals surface area contributed by atoms with Gasteiger partial charge in [0, 0.05) is 45.1 Å². The van der Waals surface area contributed by atoms with Gasteiger partial charge in [0.15, 0.2) is 0 Å². The number of piperazine rings is 1. The fourth-order valence-corrected chi connectivity index (χ4v) is 3.38. The van der Waals surface area contributed by atoms with Crippen LogP contribution in [0.25, 0.3) is 0 Å². The number of carbonyl (C=O) groups is 1. The summed E-state index contributed by atoms with van der Waals surface area (Å²) in [6, 6.07) is 8.11. The van der Waals surface area contributed by atoms with Crippen molar-refractivity contribution in [3.8, 4) is 5.75 Å². The van der Waals surface area contributed by atoms with Gasteiger partial charge in [0.2, 0.25) is 5.91 Å². The van der Waals surface area contributed by atoms with Crippen molar-refractivity contribution in [2.75, 3.05) is 31.1 Å². The first-order valence-corrected chi connectivity index (χ1v) is 8.26. The molecule has 1 fully saturated rings. The number of para-hydroxylation sites is 1. The van der Waals surface area contributed by atoms with Gasteiger partial charge >= 0.3 is 0 Å². The van der Waals surface area contributed by atoms with Gasteiger partial charge in [-0.05, 0) is 11.6 Å². The molecule has 2 aromatic rings. The van der Waals surface area contributed by atoms with E-state index in [1.807, 2.05) is 23.1 Å². The number of fused-ring (bicyclic) bond motifs is 2. The van der Waals surface area contributed by atoms with E-state index in [1.165, 1.54) is 0 Å². The standard InChI is InChI=1S/C18H20N4O2/c1-13(23)21-6-8-22(9-7-21)18-15-10-14-4-2-3-5-17(14)24-11-16(15)19-12-20-18/h2-5,12H,6-11H2,1H3. The zero-order valence-electron chi connectivity index (χ0n) is 13.7. The number of aromatic nitrogens is 2. The van der Waals surface area contributed by atoms with Gasteiger partial charge in [-0.15, -0.1) is 0 Å². The second kappa shape index (κ2) is 6.11. The van der Waals surface area contributed by atoms with E-state index in [4.69, 9.17) is 4.74 Å². The highest BCUT2D eigenvalue weighted by Crippen LogP contribution is 2.31. The molecule has 0 N–H and O–H groups in total. The van der Waals surface area contributed by atoms with Crippen LogP contribution in [0.1, 0.15) is 23.7 Å². The average Bonchev–Trinajstić information content (AvgIpc) is 2.81. The van der Waals surface area contributed by atoms with Crippen LogP contribution in [-0.4, -0.2) is 47.0 Å². The Labute approximate surface area is 141 Å². The number of nitrogens with zero attached hydrogens (tertiary/aromatic N) is 4. The number of rotatable bonds is 1. The highest BCUT2D eigenvalue weighted by molar-refractivity contribution is 5.73. The molecular weight excluding hydrogens is 304 g/mol. The van der Waals surface area contributed by atoms with E-state index >= 15 is 0 Å². The van der Waals surface area contributed by atoms with Gasteiger partial charge in [-0.3, -0.25) is 4.79 Å². The molecule has 1 saturated heterocycles. The maximum Gasteiger partial charge on any atom is 0.219 e. The van der Waals surface area contributed by atoms with Crippen LogP contribution in [0.15, 0.2) is 30.6 Å². The Morgan fingerprint density at radius 2 is 1.92 bits per heavy atom. The van der Waals surface area contributed by atoms with Crippen molar-refractivity contribution in [3.63, 3.8) is 0 Å². The van der Waals surface area contributed by atoms with Crippen LogP contribution in [0, 0.1) is 0 Å². The third-order valence-electron chi connectivity index (χ3n) is 4.74. The molecule has 0 atom stereocenters. The summed E-state index contributed by atoms with van der Waals surface area (Å²) in [4.78, 5) is 24.7. The molecular formula is C18H20N4O2. The number of hydrogen-bond donors (Lipinski definition) is 0. The predicted octanol–water partition coefficient (Wildman–Crippen LogP) is 1.63. The monoisotopic (exact) mass is 324 g/mol. The first-order chi connectivity index (χ1) is 11.7. The van der Waals surface area contributed by atoms with Crippen molar-refractivity contribution < 1.29 is 9.53 Å². The summed E-state index contributed by atoms with van der Waals surface area (Å²) >= 11 is 0. The molecule has 1 aromatic heterocycles. The lowest BCUT2D eigenvalue weighted by molar-refractivity contribution is -0.129. The average molecular weight is 324 g/mol. The summed E-state index contributed by atoms with van der Waals surface area (Å²) in [6.07, 6.45) is 2.39. The van der Waals surface area contributed by atoms with Gasteiger partial charge in [0.25, 0.3) is 0 Å². The highest BCUT2D eigenvalue weighted by atomic mass is 16.5. The molecule has 0 radical (unpaired) electrons. The lowest BCUT2D eigenvalue weighted by Crippen LogP contribution is -2.48. The Kier molecular flexibility index (Phi) is 3.80. The molecule has 0 aliphatic carbocycles. The first-order valence-electron chi connectivity index (χ1n) is 8.26. The fraction of sp³-hybridized carbons (Fsp3) is 0.389. The number of benzene rings is 1. The smallest absolute Gasteiger partial charge is 0.219 e. The van der Waals surface area contributed by atoms with Crippen molar-refractivity contribution in [2.24, 2.45) is 0 Å². The summed E-state index contributed by atoms with van der Waals surface area (Å²) < 4.78 is 5.90. The Hall–Kier alpha value is -2.63. The molecule has 0 spiro atoms. The van der Waals surface area contributed by atoms with Gasteiger partial charge in [0.05, 0.1) is 5.69 Å². The third kappa shape index (κ3) is 2.68. The molecule has 24 heavy (non-hydrogen) atoms. The second-order valence-corrected chi connectivity index (χ2v) is 6.19.